The molecule has 1 aliphatic rings. The molecule has 1 aromatic heterocycles. The van der Waals surface area contributed by atoms with E-state index in [-0.39, 0.29) is 0 Å². The molecule has 1 aromatic rings. The van der Waals surface area contributed by atoms with Gasteiger partial charge in [-0.05, 0) is 38.3 Å². The summed E-state index contributed by atoms with van der Waals surface area (Å²) in [7, 11) is 0. The Morgan fingerprint density at radius 1 is 1.53 bits per heavy atom. The summed E-state index contributed by atoms with van der Waals surface area (Å²) in [5.74, 6) is 1.05. The molecule has 2 rings (SSSR count). The number of nitrogens with one attached hydrogen (secondary N) is 1. The minimum atomic E-state index is 0.477. The first kappa shape index (κ1) is 10.7. The van der Waals surface area contributed by atoms with E-state index in [2.05, 4.69) is 12.2 Å². The van der Waals surface area contributed by atoms with Gasteiger partial charge in [0.2, 0.25) is 0 Å². The molecule has 1 saturated carbocycles. The third-order valence-corrected chi connectivity index (χ3v) is 3.02. The van der Waals surface area contributed by atoms with E-state index in [9.17, 15) is 0 Å². The van der Waals surface area contributed by atoms with Gasteiger partial charge in [-0.2, -0.15) is 0 Å². The summed E-state index contributed by atoms with van der Waals surface area (Å²) >= 11 is 0. The molecule has 0 unspecified atom stereocenters. The fraction of sp³-hybridized carbons (Fsp3) is 0.667. The topological polar surface area (TPSA) is 34.4 Å². The second kappa shape index (κ2) is 4.81. The third-order valence-electron chi connectivity index (χ3n) is 3.02. The van der Waals surface area contributed by atoms with Crippen LogP contribution in [0.1, 0.15) is 31.1 Å². The maximum atomic E-state index is 5.51. The summed E-state index contributed by atoms with van der Waals surface area (Å²) in [6.07, 6.45) is 4.49. The lowest BCUT2D eigenvalue weighted by molar-refractivity contribution is -0.0105. The van der Waals surface area contributed by atoms with Crippen molar-refractivity contribution in [2.75, 3.05) is 6.61 Å². The van der Waals surface area contributed by atoms with Crippen molar-refractivity contribution in [3.63, 3.8) is 0 Å². The van der Waals surface area contributed by atoms with Gasteiger partial charge < -0.3 is 14.5 Å². The Bertz CT molecular complexity index is 302. The van der Waals surface area contributed by atoms with Gasteiger partial charge in [0.1, 0.15) is 5.76 Å². The lowest BCUT2D eigenvalue weighted by atomic mass is 9.89. The lowest BCUT2D eigenvalue weighted by Gasteiger charge is -2.35. The van der Waals surface area contributed by atoms with E-state index in [4.69, 9.17) is 9.15 Å². The van der Waals surface area contributed by atoms with Crippen LogP contribution in [-0.4, -0.2) is 18.8 Å². The minimum Gasteiger partial charge on any atom is -0.468 e. The Morgan fingerprint density at radius 2 is 2.33 bits per heavy atom. The van der Waals surface area contributed by atoms with Gasteiger partial charge in [-0.15, -0.1) is 0 Å². The van der Waals surface area contributed by atoms with E-state index in [1.165, 1.54) is 5.56 Å². The van der Waals surface area contributed by atoms with Crippen LogP contribution in [0, 0.1) is 6.92 Å². The Balaban J connectivity index is 1.66. The molecule has 84 valence electrons. The van der Waals surface area contributed by atoms with Gasteiger partial charge in [-0.25, -0.2) is 0 Å². The van der Waals surface area contributed by atoms with Crippen LogP contribution >= 0.6 is 0 Å². The average Bonchev–Trinajstić information content (AvgIpc) is 2.55. The molecule has 0 spiro atoms. The van der Waals surface area contributed by atoms with E-state index in [0.717, 1.165) is 31.8 Å². The SMILES string of the molecule is CCOC1CC(NCc2occc2C)C1. The van der Waals surface area contributed by atoms with Crippen LogP contribution in [0.3, 0.4) is 0 Å². The van der Waals surface area contributed by atoms with Crippen molar-refractivity contribution in [1.29, 1.82) is 0 Å². The lowest BCUT2D eigenvalue weighted by Crippen LogP contribution is -2.45. The molecule has 3 nitrogen and oxygen atoms in total. The monoisotopic (exact) mass is 209 g/mol. The molecule has 0 aromatic carbocycles. The van der Waals surface area contributed by atoms with Crippen LogP contribution in [0.2, 0.25) is 0 Å². The molecule has 1 heterocycles. The van der Waals surface area contributed by atoms with E-state index in [0.29, 0.717) is 12.1 Å². The largest absolute Gasteiger partial charge is 0.468 e. The number of ether oxygens (including phenoxy) is 1. The molecule has 1 N–H and O–H groups in total. The molecule has 1 aliphatic carbocycles. The highest BCUT2D eigenvalue weighted by atomic mass is 16.5. The molecule has 0 aliphatic heterocycles. The summed E-state index contributed by atoms with van der Waals surface area (Å²) in [5.41, 5.74) is 1.23. The quantitative estimate of drug-likeness (QED) is 0.807. The first-order valence-corrected chi connectivity index (χ1v) is 5.67. The molecule has 0 amide bonds. The molecular weight excluding hydrogens is 190 g/mol. The molecule has 0 saturated heterocycles. The van der Waals surface area contributed by atoms with Gasteiger partial charge >= 0.3 is 0 Å². The zero-order valence-corrected chi connectivity index (χ0v) is 9.45. The molecule has 3 heteroatoms. The summed E-state index contributed by atoms with van der Waals surface area (Å²) in [5, 5.41) is 3.48. The number of rotatable bonds is 5. The highest BCUT2D eigenvalue weighted by Gasteiger charge is 2.29. The number of furan rings is 1. The van der Waals surface area contributed by atoms with Crippen LogP contribution < -0.4 is 5.32 Å². The second-order valence-electron chi connectivity index (χ2n) is 4.15. The van der Waals surface area contributed by atoms with Crippen molar-refractivity contribution in [3.05, 3.63) is 23.7 Å². The summed E-state index contributed by atoms with van der Waals surface area (Å²) in [6.45, 7) is 5.79. The van der Waals surface area contributed by atoms with Crippen molar-refractivity contribution >= 4 is 0 Å². The maximum absolute atomic E-state index is 5.51. The zero-order chi connectivity index (χ0) is 10.7. The van der Waals surface area contributed by atoms with Gasteiger partial charge in [0.05, 0.1) is 18.9 Å². The first-order valence-electron chi connectivity index (χ1n) is 5.67. The average molecular weight is 209 g/mol. The van der Waals surface area contributed by atoms with Crippen molar-refractivity contribution in [2.45, 2.75) is 45.4 Å². The Labute approximate surface area is 90.8 Å². The molecule has 0 atom stereocenters. The van der Waals surface area contributed by atoms with Crippen molar-refractivity contribution < 1.29 is 9.15 Å². The van der Waals surface area contributed by atoms with E-state index >= 15 is 0 Å². The van der Waals surface area contributed by atoms with Crippen LogP contribution in [0.5, 0.6) is 0 Å². The van der Waals surface area contributed by atoms with E-state index in [1.807, 2.05) is 13.0 Å². The number of aryl methyl sites for hydroxylation is 1. The van der Waals surface area contributed by atoms with E-state index < -0.39 is 0 Å². The van der Waals surface area contributed by atoms with Crippen LogP contribution in [0.4, 0.5) is 0 Å². The summed E-state index contributed by atoms with van der Waals surface area (Å²) in [6, 6.07) is 2.60. The standard InChI is InChI=1S/C12H19NO2/c1-3-14-11-6-10(7-11)13-8-12-9(2)4-5-15-12/h4-5,10-11,13H,3,6-8H2,1-2H3. The highest BCUT2D eigenvalue weighted by molar-refractivity contribution is 5.14. The summed E-state index contributed by atoms with van der Waals surface area (Å²) in [4.78, 5) is 0. The van der Waals surface area contributed by atoms with Gasteiger partial charge in [0.15, 0.2) is 0 Å². The van der Waals surface area contributed by atoms with Gasteiger partial charge in [-0.1, -0.05) is 0 Å². The molecule has 15 heavy (non-hydrogen) atoms. The minimum absolute atomic E-state index is 0.477. The second-order valence-corrected chi connectivity index (χ2v) is 4.15. The Hall–Kier alpha value is -0.800. The van der Waals surface area contributed by atoms with Crippen LogP contribution in [0.25, 0.3) is 0 Å². The number of hydrogen-bond acceptors (Lipinski definition) is 3. The smallest absolute Gasteiger partial charge is 0.120 e. The molecular formula is C12H19NO2. The van der Waals surface area contributed by atoms with Gasteiger partial charge in [-0.3, -0.25) is 0 Å². The predicted molar refractivity (Wildman–Crippen MR) is 58.7 cm³/mol. The summed E-state index contributed by atoms with van der Waals surface area (Å²) < 4.78 is 10.9. The first-order chi connectivity index (χ1) is 7.29. The van der Waals surface area contributed by atoms with Crippen LogP contribution in [0.15, 0.2) is 16.7 Å². The highest BCUT2D eigenvalue weighted by Crippen LogP contribution is 2.23. The zero-order valence-electron chi connectivity index (χ0n) is 9.45. The van der Waals surface area contributed by atoms with Crippen molar-refractivity contribution in [1.82, 2.24) is 5.32 Å². The Morgan fingerprint density at radius 3 is 2.93 bits per heavy atom. The fourth-order valence-corrected chi connectivity index (χ4v) is 1.93. The molecule has 0 radical (unpaired) electrons. The fourth-order valence-electron chi connectivity index (χ4n) is 1.93. The van der Waals surface area contributed by atoms with Gasteiger partial charge in [0, 0.05) is 12.6 Å². The molecule has 1 fully saturated rings. The third kappa shape index (κ3) is 2.61. The van der Waals surface area contributed by atoms with E-state index in [1.54, 1.807) is 6.26 Å². The Kier molecular flexibility index (Phi) is 3.44. The molecule has 0 bridgehead atoms. The van der Waals surface area contributed by atoms with Crippen molar-refractivity contribution in [2.24, 2.45) is 0 Å². The van der Waals surface area contributed by atoms with Crippen molar-refractivity contribution in [3.8, 4) is 0 Å². The number of hydrogen-bond donors (Lipinski definition) is 1. The normalized spacial score (nSPS) is 25.2. The van der Waals surface area contributed by atoms with Gasteiger partial charge in [0.25, 0.3) is 0 Å². The van der Waals surface area contributed by atoms with Crippen LogP contribution in [-0.2, 0) is 11.3 Å². The predicted octanol–water partition coefficient (Wildman–Crippen LogP) is 2.25. The maximum Gasteiger partial charge on any atom is 0.120 e.